The van der Waals surface area contributed by atoms with Crippen molar-refractivity contribution >= 4 is 16.0 Å². The van der Waals surface area contributed by atoms with Gasteiger partial charge < -0.3 is 10.1 Å². The van der Waals surface area contributed by atoms with Gasteiger partial charge in [-0.2, -0.15) is 22.6 Å². The lowest BCUT2D eigenvalue weighted by molar-refractivity contribution is -0.137. The molecule has 4 rings (SSSR count). The van der Waals surface area contributed by atoms with Crippen LogP contribution in [0.4, 0.5) is 19.1 Å². The molecule has 13 heteroatoms. The highest BCUT2D eigenvalue weighted by Crippen LogP contribution is 2.36. The molecule has 0 radical (unpaired) electrons. The number of hydrogen-bond donors (Lipinski definition) is 1. The molecule has 2 aromatic rings. The third-order valence-electron chi connectivity index (χ3n) is 6.11. The molecule has 2 aliphatic rings. The second-order valence-electron chi connectivity index (χ2n) is 8.59. The third-order valence-corrected chi connectivity index (χ3v) is 7.50. The number of nitrogens with one attached hydrogen (secondary N) is 1. The number of hydrogen-bond acceptors (Lipinski definition) is 7. The van der Waals surface area contributed by atoms with Gasteiger partial charge in [0.1, 0.15) is 5.56 Å². The predicted octanol–water partition coefficient (Wildman–Crippen LogP) is 2.93. The minimum Gasteiger partial charge on any atom is -0.381 e. The number of halogens is 3. The number of sulfonamides is 1. The summed E-state index contributed by atoms with van der Waals surface area (Å²) in [6.45, 7) is 3.30. The van der Waals surface area contributed by atoms with Crippen LogP contribution in [0.25, 0.3) is 11.3 Å². The summed E-state index contributed by atoms with van der Waals surface area (Å²) >= 11 is 0. The van der Waals surface area contributed by atoms with Crippen molar-refractivity contribution in [2.75, 3.05) is 31.3 Å². The Hall–Kier alpha value is -2.25. The van der Waals surface area contributed by atoms with Gasteiger partial charge in [-0.15, -0.1) is 0 Å². The molecule has 0 aromatic carbocycles. The summed E-state index contributed by atoms with van der Waals surface area (Å²) in [5.41, 5.74) is -0.903. The van der Waals surface area contributed by atoms with E-state index in [1.165, 1.54) is 16.8 Å². The zero-order valence-electron chi connectivity index (χ0n) is 18.4. The maximum Gasteiger partial charge on any atom is 0.419 e. The van der Waals surface area contributed by atoms with Gasteiger partial charge in [-0.05, 0) is 32.6 Å². The smallest absolute Gasteiger partial charge is 0.381 e. The van der Waals surface area contributed by atoms with Crippen LogP contribution in [0.3, 0.4) is 0 Å². The summed E-state index contributed by atoms with van der Waals surface area (Å²) in [6.07, 6.45) is 2.79. The van der Waals surface area contributed by atoms with Gasteiger partial charge >= 0.3 is 6.18 Å². The molecular formula is C20H27F3N6O3S. The molecular weight excluding hydrogens is 461 g/mol. The highest BCUT2D eigenvalue weighted by Gasteiger charge is 2.36. The molecule has 2 aromatic heterocycles. The number of rotatable bonds is 5. The van der Waals surface area contributed by atoms with Gasteiger partial charge in [0.05, 0.1) is 24.2 Å². The SMILES string of the molecule is C[C@H]1C[C@H](Nc2ncc(C(F)(F)F)c(-c3cnn(C4CCOCC4)c3)n2)CCN1S(C)(=O)=O. The van der Waals surface area contributed by atoms with Crippen LogP contribution in [-0.4, -0.2) is 70.6 Å². The van der Waals surface area contributed by atoms with Gasteiger partial charge in [-0.3, -0.25) is 4.68 Å². The number of piperidine rings is 1. The average molecular weight is 489 g/mol. The molecule has 0 amide bonds. The monoisotopic (exact) mass is 488 g/mol. The molecule has 0 bridgehead atoms. The van der Waals surface area contributed by atoms with Crippen molar-refractivity contribution in [2.24, 2.45) is 0 Å². The molecule has 0 unspecified atom stereocenters. The van der Waals surface area contributed by atoms with Crippen molar-refractivity contribution in [3.05, 3.63) is 24.2 Å². The Kier molecular flexibility index (Phi) is 6.65. The minimum atomic E-state index is -4.62. The lowest BCUT2D eigenvalue weighted by Crippen LogP contribution is -2.47. The normalized spacial score (nSPS) is 23.5. The molecule has 182 valence electrons. The van der Waals surface area contributed by atoms with Crippen molar-refractivity contribution < 1.29 is 26.3 Å². The first-order chi connectivity index (χ1) is 15.5. The fourth-order valence-electron chi connectivity index (χ4n) is 4.45. The first kappa shape index (κ1) is 23.9. The Morgan fingerprint density at radius 3 is 2.55 bits per heavy atom. The fourth-order valence-corrected chi connectivity index (χ4v) is 5.62. The Morgan fingerprint density at radius 2 is 1.91 bits per heavy atom. The zero-order valence-corrected chi connectivity index (χ0v) is 19.2. The van der Waals surface area contributed by atoms with Crippen LogP contribution < -0.4 is 5.32 Å². The second kappa shape index (κ2) is 9.18. The maximum absolute atomic E-state index is 13.7. The van der Waals surface area contributed by atoms with Gasteiger partial charge in [0, 0.05) is 49.8 Å². The molecule has 0 spiro atoms. The molecule has 2 saturated heterocycles. The Labute approximate surface area is 190 Å². The van der Waals surface area contributed by atoms with Gasteiger partial charge in [0.15, 0.2) is 0 Å². The van der Waals surface area contributed by atoms with E-state index in [0.717, 1.165) is 19.0 Å². The van der Waals surface area contributed by atoms with Crippen molar-refractivity contribution in [2.45, 2.75) is 56.9 Å². The number of nitrogens with zero attached hydrogens (tertiary/aromatic N) is 5. The van der Waals surface area contributed by atoms with E-state index in [2.05, 4.69) is 20.4 Å². The summed E-state index contributed by atoms with van der Waals surface area (Å²) in [6, 6.07) is -0.326. The summed E-state index contributed by atoms with van der Waals surface area (Å²) in [5, 5.41) is 7.36. The molecule has 2 fully saturated rings. The van der Waals surface area contributed by atoms with Crippen LogP contribution in [0.2, 0.25) is 0 Å². The van der Waals surface area contributed by atoms with E-state index in [1.807, 2.05) is 0 Å². The molecule has 4 heterocycles. The Balaban J connectivity index is 1.57. The molecule has 33 heavy (non-hydrogen) atoms. The van der Waals surface area contributed by atoms with Crippen LogP contribution in [0.15, 0.2) is 18.6 Å². The first-order valence-corrected chi connectivity index (χ1v) is 12.7. The number of anilines is 1. The summed E-state index contributed by atoms with van der Waals surface area (Å²) in [4.78, 5) is 8.10. The van der Waals surface area contributed by atoms with E-state index in [9.17, 15) is 21.6 Å². The quantitative estimate of drug-likeness (QED) is 0.690. The number of aromatic nitrogens is 4. The molecule has 0 saturated carbocycles. The topological polar surface area (TPSA) is 102 Å². The lowest BCUT2D eigenvalue weighted by Gasteiger charge is -2.36. The summed E-state index contributed by atoms with van der Waals surface area (Å²) in [7, 11) is -3.31. The first-order valence-electron chi connectivity index (χ1n) is 10.8. The van der Waals surface area contributed by atoms with E-state index in [4.69, 9.17) is 4.74 Å². The number of ether oxygens (including phenoxy) is 1. The van der Waals surface area contributed by atoms with E-state index in [1.54, 1.807) is 17.8 Å². The highest BCUT2D eigenvalue weighted by atomic mass is 32.2. The fraction of sp³-hybridized carbons (Fsp3) is 0.650. The van der Waals surface area contributed by atoms with Crippen molar-refractivity contribution in [1.29, 1.82) is 0 Å². The van der Waals surface area contributed by atoms with E-state index >= 15 is 0 Å². The van der Waals surface area contributed by atoms with Crippen LogP contribution in [-0.2, 0) is 20.9 Å². The second-order valence-corrected chi connectivity index (χ2v) is 10.5. The molecule has 2 atom stereocenters. The Bertz CT molecular complexity index is 1080. The van der Waals surface area contributed by atoms with Crippen molar-refractivity contribution in [1.82, 2.24) is 24.1 Å². The lowest BCUT2D eigenvalue weighted by atomic mass is 10.0. The summed E-state index contributed by atoms with van der Waals surface area (Å²) < 4.78 is 73.2. The van der Waals surface area contributed by atoms with Crippen LogP contribution in [0.5, 0.6) is 0 Å². The van der Waals surface area contributed by atoms with Gasteiger partial charge in [0.2, 0.25) is 16.0 Å². The van der Waals surface area contributed by atoms with E-state index < -0.39 is 21.8 Å². The maximum atomic E-state index is 13.7. The van der Waals surface area contributed by atoms with Crippen molar-refractivity contribution in [3.8, 4) is 11.3 Å². The predicted molar refractivity (Wildman–Crippen MR) is 115 cm³/mol. The zero-order chi connectivity index (χ0) is 23.8. The summed E-state index contributed by atoms with van der Waals surface area (Å²) in [5.74, 6) is 0.0711. The minimum absolute atomic E-state index is 0.0711. The van der Waals surface area contributed by atoms with Crippen LogP contribution in [0, 0.1) is 0 Å². The van der Waals surface area contributed by atoms with Gasteiger partial charge in [0.25, 0.3) is 0 Å². The van der Waals surface area contributed by atoms with Crippen LogP contribution in [0.1, 0.15) is 44.2 Å². The van der Waals surface area contributed by atoms with Crippen molar-refractivity contribution in [3.63, 3.8) is 0 Å². The molecule has 9 nitrogen and oxygen atoms in total. The van der Waals surface area contributed by atoms with E-state index in [0.29, 0.717) is 32.6 Å². The third kappa shape index (κ3) is 5.46. The molecule has 2 aliphatic heterocycles. The molecule has 1 N–H and O–H groups in total. The largest absolute Gasteiger partial charge is 0.419 e. The van der Waals surface area contributed by atoms with Gasteiger partial charge in [-0.25, -0.2) is 18.4 Å². The standard InChI is InChI=1S/C20H27F3N6O3S/c1-13-9-15(3-6-29(13)33(2,30)31)26-19-24-11-17(20(21,22)23)18(27-19)14-10-25-28(12-14)16-4-7-32-8-5-16/h10-13,15-16H,3-9H2,1-2H3,(H,24,26,27)/t13-,15+/m0/s1. The van der Waals surface area contributed by atoms with E-state index in [-0.39, 0.29) is 35.3 Å². The Morgan fingerprint density at radius 1 is 1.18 bits per heavy atom. The van der Waals surface area contributed by atoms with Crippen LogP contribution >= 0.6 is 0 Å². The van der Waals surface area contributed by atoms with Gasteiger partial charge in [-0.1, -0.05) is 0 Å². The average Bonchev–Trinajstić information content (AvgIpc) is 3.23. The number of alkyl halides is 3. The highest BCUT2D eigenvalue weighted by molar-refractivity contribution is 7.88. The molecule has 0 aliphatic carbocycles.